The Hall–Kier alpha value is -5.98. The summed E-state index contributed by atoms with van der Waals surface area (Å²) in [5.41, 5.74) is 18.6. The second-order valence-corrected chi connectivity index (χ2v) is 12.5. The number of nitrogens with two attached hydrogens (primary N) is 2. The second kappa shape index (κ2) is 19.7. The van der Waals surface area contributed by atoms with E-state index >= 15 is 0 Å². The lowest BCUT2D eigenvalue weighted by molar-refractivity contribution is -0.192. The molecule has 1 atom stereocenters. The molecule has 7 N–H and O–H groups in total. The first kappa shape index (κ1) is 40.8. The quantitative estimate of drug-likeness (QED) is 0.0869. The summed E-state index contributed by atoms with van der Waals surface area (Å²) in [6.07, 6.45) is -4.03. The lowest BCUT2D eigenvalue weighted by atomic mass is 9.88. The van der Waals surface area contributed by atoms with E-state index in [9.17, 15) is 27.9 Å². The molecule has 5 aromatic carbocycles. The summed E-state index contributed by atoms with van der Waals surface area (Å²) < 4.78 is 31.7. The van der Waals surface area contributed by atoms with Crippen molar-refractivity contribution in [1.29, 1.82) is 0 Å². The Morgan fingerprint density at radius 3 is 1.91 bits per heavy atom. The number of nitrogens with one attached hydrogen (secondary N) is 1. The standard InChI is InChI=1S/C40H42N4O3.C2HF3O2/c41-23-24-43-39(46)37-17-8-7-16-36(37)33-15-9-10-30(26-33)28-44(40(47)38(42)27-29-18-20-34(45)21-19-29)25-22-35(31-11-3-1-4-12-31)32-13-5-2-6-14-32;3-2(4,5)1(6)7/h1-21,26,35,38,45H,22-25,27-28,41-42H2,(H,43,46);(H,6,7). The number of aliphatic carboxylic acids is 1. The van der Waals surface area contributed by atoms with Gasteiger partial charge < -0.3 is 31.9 Å². The fraction of sp³-hybridized carbons (Fsp3) is 0.214. The van der Waals surface area contributed by atoms with Crippen molar-refractivity contribution in [2.24, 2.45) is 11.5 Å². The summed E-state index contributed by atoms with van der Waals surface area (Å²) >= 11 is 0. The second-order valence-electron chi connectivity index (χ2n) is 12.5. The molecule has 282 valence electrons. The van der Waals surface area contributed by atoms with Gasteiger partial charge in [0.2, 0.25) is 5.91 Å². The normalized spacial score (nSPS) is 11.6. The first-order valence-corrected chi connectivity index (χ1v) is 17.3. The third-order valence-corrected chi connectivity index (χ3v) is 8.57. The van der Waals surface area contributed by atoms with Crippen LogP contribution in [0.3, 0.4) is 0 Å². The van der Waals surface area contributed by atoms with Gasteiger partial charge in [-0.05, 0) is 70.5 Å². The molecule has 0 fully saturated rings. The molecule has 5 aromatic rings. The molecule has 0 spiro atoms. The molecule has 0 saturated heterocycles. The number of benzene rings is 5. The number of carbonyl (C=O) groups is 3. The zero-order chi connectivity index (χ0) is 39.1. The Bertz CT molecular complexity index is 1920. The van der Waals surface area contributed by atoms with Gasteiger partial charge in [0.1, 0.15) is 5.75 Å². The first-order valence-electron chi connectivity index (χ1n) is 17.3. The predicted molar refractivity (Wildman–Crippen MR) is 202 cm³/mol. The number of alkyl halides is 3. The third kappa shape index (κ3) is 12.0. The summed E-state index contributed by atoms with van der Waals surface area (Å²) in [6, 6.07) is 42.2. The third-order valence-electron chi connectivity index (χ3n) is 8.57. The van der Waals surface area contributed by atoms with Crippen LogP contribution in [0.5, 0.6) is 5.75 Å². The summed E-state index contributed by atoms with van der Waals surface area (Å²) in [5, 5.41) is 19.7. The van der Waals surface area contributed by atoms with E-state index in [1.54, 1.807) is 30.3 Å². The van der Waals surface area contributed by atoms with Crippen LogP contribution in [0.1, 0.15) is 45.0 Å². The number of halogens is 3. The molecular formula is C42H43F3N4O5. The first-order chi connectivity index (χ1) is 25.9. The van der Waals surface area contributed by atoms with E-state index in [-0.39, 0.29) is 23.5 Å². The summed E-state index contributed by atoms with van der Waals surface area (Å²) in [5.74, 6) is -2.83. The van der Waals surface area contributed by atoms with Gasteiger partial charge in [-0.15, -0.1) is 0 Å². The number of hydrogen-bond donors (Lipinski definition) is 5. The number of nitrogens with zero attached hydrogens (tertiary/aromatic N) is 1. The number of amides is 2. The highest BCUT2D eigenvalue weighted by Gasteiger charge is 2.38. The van der Waals surface area contributed by atoms with Crippen molar-refractivity contribution in [1.82, 2.24) is 10.2 Å². The van der Waals surface area contributed by atoms with E-state index in [4.69, 9.17) is 21.4 Å². The Balaban J connectivity index is 0.000000845. The van der Waals surface area contributed by atoms with Crippen LogP contribution in [0, 0.1) is 0 Å². The van der Waals surface area contributed by atoms with Gasteiger partial charge >= 0.3 is 12.1 Å². The number of phenolic OH excluding ortho intramolecular Hbond substituents is 1. The van der Waals surface area contributed by atoms with Gasteiger partial charge in [-0.3, -0.25) is 9.59 Å². The van der Waals surface area contributed by atoms with Crippen LogP contribution in [0.15, 0.2) is 133 Å². The number of rotatable bonds is 14. The minimum atomic E-state index is -5.08. The fourth-order valence-electron chi connectivity index (χ4n) is 5.93. The highest BCUT2D eigenvalue weighted by molar-refractivity contribution is 6.00. The van der Waals surface area contributed by atoms with E-state index in [2.05, 4.69) is 29.6 Å². The monoisotopic (exact) mass is 740 g/mol. The SMILES string of the molecule is NCCNC(=O)c1ccccc1-c1cccc(CN(CCC(c2ccccc2)c2ccccc2)C(=O)C(N)Cc2ccc(O)cc2)c1.O=C(O)C(F)(F)F. The molecule has 0 aromatic heterocycles. The summed E-state index contributed by atoms with van der Waals surface area (Å²) in [4.78, 5) is 37.8. The molecule has 0 aliphatic carbocycles. The smallest absolute Gasteiger partial charge is 0.490 e. The van der Waals surface area contributed by atoms with Crippen molar-refractivity contribution < 1.29 is 37.8 Å². The zero-order valence-electron chi connectivity index (χ0n) is 29.5. The maximum absolute atomic E-state index is 14.1. The van der Waals surface area contributed by atoms with Gasteiger partial charge in [0.15, 0.2) is 0 Å². The Morgan fingerprint density at radius 2 is 1.33 bits per heavy atom. The van der Waals surface area contributed by atoms with Crippen molar-refractivity contribution in [2.45, 2.75) is 37.5 Å². The summed E-state index contributed by atoms with van der Waals surface area (Å²) in [6.45, 7) is 1.59. The van der Waals surface area contributed by atoms with Gasteiger partial charge in [-0.1, -0.05) is 109 Å². The van der Waals surface area contributed by atoms with Crippen LogP contribution in [-0.2, 0) is 22.6 Å². The molecule has 5 rings (SSSR count). The molecule has 2 amide bonds. The molecule has 0 radical (unpaired) electrons. The lowest BCUT2D eigenvalue weighted by Gasteiger charge is -2.29. The van der Waals surface area contributed by atoms with Gasteiger partial charge in [0, 0.05) is 37.7 Å². The molecule has 0 aliphatic rings. The van der Waals surface area contributed by atoms with Gasteiger partial charge in [0.05, 0.1) is 6.04 Å². The fourth-order valence-corrected chi connectivity index (χ4v) is 5.93. The number of carboxylic acid groups (broad SMARTS) is 1. The van der Waals surface area contributed by atoms with Crippen molar-refractivity contribution >= 4 is 17.8 Å². The molecule has 1 unspecified atom stereocenters. The van der Waals surface area contributed by atoms with Crippen LogP contribution in [0.4, 0.5) is 13.2 Å². The van der Waals surface area contributed by atoms with Crippen molar-refractivity contribution in [3.63, 3.8) is 0 Å². The van der Waals surface area contributed by atoms with Crippen molar-refractivity contribution in [3.05, 3.63) is 161 Å². The summed E-state index contributed by atoms with van der Waals surface area (Å²) in [7, 11) is 0. The predicted octanol–water partition coefficient (Wildman–Crippen LogP) is 6.50. The molecule has 0 bridgehead atoms. The van der Waals surface area contributed by atoms with Crippen molar-refractivity contribution in [2.75, 3.05) is 19.6 Å². The van der Waals surface area contributed by atoms with E-state index in [0.29, 0.717) is 44.6 Å². The number of carboxylic acids is 1. The van der Waals surface area contributed by atoms with E-state index in [1.807, 2.05) is 83.8 Å². The zero-order valence-corrected chi connectivity index (χ0v) is 29.5. The maximum atomic E-state index is 14.1. The highest BCUT2D eigenvalue weighted by Crippen LogP contribution is 2.30. The lowest BCUT2D eigenvalue weighted by Crippen LogP contribution is -2.45. The molecule has 9 nitrogen and oxygen atoms in total. The number of carbonyl (C=O) groups excluding carboxylic acids is 2. The molecule has 12 heteroatoms. The Labute approximate surface area is 312 Å². The van der Waals surface area contributed by atoms with Crippen LogP contribution in [-0.4, -0.2) is 64.7 Å². The molecule has 0 saturated carbocycles. The highest BCUT2D eigenvalue weighted by atomic mass is 19.4. The van der Waals surface area contributed by atoms with Crippen molar-refractivity contribution in [3.8, 4) is 16.9 Å². The Morgan fingerprint density at radius 1 is 0.759 bits per heavy atom. The van der Waals surface area contributed by atoms with E-state index in [0.717, 1.165) is 22.3 Å². The minimum Gasteiger partial charge on any atom is -0.508 e. The number of aromatic hydroxyl groups is 1. The Kier molecular flexibility index (Phi) is 14.9. The topological polar surface area (TPSA) is 159 Å². The van der Waals surface area contributed by atoms with Crippen LogP contribution < -0.4 is 16.8 Å². The largest absolute Gasteiger partial charge is 0.508 e. The van der Waals surface area contributed by atoms with Gasteiger partial charge in [-0.25, -0.2) is 4.79 Å². The molecule has 0 heterocycles. The van der Waals surface area contributed by atoms with Crippen LogP contribution in [0.2, 0.25) is 0 Å². The molecule has 0 aliphatic heterocycles. The number of hydrogen-bond acceptors (Lipinski definition) is 6. The minimum absolute atomic E-state index is 0.0891. The van der Waals surface area contributed by atoms with Crippen LogP contribution in [0.25, 0.3) is 11.1 Å². The average molecular weight is 741 g/mol. The average Bonchev–Trinajstić information content (AvgIpc) is 3.18. The van der Waals surface area contributed by atoms with E-state index in [1.165, 1.54) is 11.1 Å². The van der Waals surface area contributed by atoms with E-state index < -0.39 is 18.2 Å². The molecular weight excluding hydrogens is 697 g/mol. The maximum Gasteiger partial charge on any atom is 0.490 e. The van der Waals surface area contributed by atoms with Gasteiger partial charge in [0.25, 0.3) is 5.91 Å². The number of phenols is 1. The van der Waals surface area contributed by atoms with Gasteiger partial charge in [-0.2, -0.15) is 13.2 Å². The molecule has 54 heavy (non-hydrogen) atoms. The van der Waals surface area contributed by atoms with Crippen LogP contribution >= 0.6 is 0 Å².